The first-order chi connectivity index (χ1) is 7.61. The van der Waals surface area contributed by atoms with E-state index >= 15 is 0 Å². The van der Waals surface area contributed by atoms with E-state index in [1.54, 1.807) is 18.2 Å². The number of halogens is 3. The first-order valence-corrected chi connectivity index (χ1v) is 5.63. The van der Waals surface area contributed by atoms with E-state index in [1.807, 2.05) is 0 Å². The van der Waals surface area contributed by atoms with Gasteiger partial charge in [0, 0.05) is 10.0 Å². The van der Waals surface area contributed by atoms with Crippen LogP contribution in [-0.2, 0) is 0 Å². The molecule has 0 bridgehead atoms. The maximum atomic E-state index is 13.7. The van der Waals surface area contributed by atoms with Crippen molar-refractivity contribution in [1.82, 2.24) is 0 Å². The number of benzene rings is 1. The lowest BCUT2D eigenvalue weighted by molar-refractivity contribution is 0.184. The van der Waals surface area contributed by atoms with Gasteiger partial charge in [0.05, 0.1) is 11.3 Å². The molecule has 0 radical (unpaired) electrons. The summed E-state index contributed by atoms with van der Waals surface area (Å²) in [6.45, 7) is 0. The van der Waals surface area contributed by atoms with E-state index < -0.39 is 11.9 Å². The Morgan fingerprint density at radius 3 is 2.75 bits per heavy atom. The van der Waals surface area contributed by atoms with E-state index in [0.717, 1.165) is 0 Å². The van der Waals surface area contributed by atoms with Gasteiger partial charge in [0.1, 0.15) is 17.7 Å². The van der Waals surface area contributed by atoms with Crippen LogP contribution in [0.4, 0.5) is 4.39 Å². The molecule has 84 valence electrons. The van der Waals surface area contributed by atoms with Gasteiger partial charge in [-0.3, -0.25) is 0 Å². The third kappa shape index (κ3) is 2.00. The van der Waals surface area contributed by atoms with E-state index in [2.05, 4.69) is 15.9 Å². The summed E-state index contributed by atoms with van der Waals surface area (Å²) in [5.74, 6) is -0.378. The van der Waals surface area contributed by atoms with E-state index in [9.17, 15) is 9.50 Å². The maximum Gasteiger partial charge on any atom is 0.149 e. The fourth-order valence-electron chi connectivity index (χ4n) is 1.35. The maximum absolute atomic E-state index is 13.7. The fourth-order valence-corrected chi connectivity index (χ4v) is 1.83. The highest BCUT2D eigenvalue weighted by Gasteiger charge is 2.20. The van der Waals surface area contributed by atoms with Crippen LogP contribution >= 0.6 is 27.5 Å². The van der Waals surface area contributed by atoms with Crippen molar-refractivity contribution in [3.8, 4) is 0 Å². The molecular weight excluding hydrogens is 298 g/mol. The van der Waals surface area contributed by atoms with Crippen LogP contribution in [0.1, 0.15) is 17.4 Å². The summed E-state index contributed by atoms with van der Waals surface area (Å²) in [4.78, 5) is 0. The average Bonchev–Trinajstić information content (AvgIpc) is 2.79. The minimum Gasteiger partial charge on any atom is -0.466 e. The van der Waals surface area contributed by atoms with Gasteiger partial charge in [0.25, 0.3) is 0 Å². The van der Waals surface area contributed by atoms with Gasteiger partial charge in [-0.2, -0.15) is 0 Å². The molecule has 0 saturated carbocycles. The molecule has 2 aromatic rings. The second-order valence-electron chi connectivity index (χ2n) is 3.18. The summed E-state index contributed by atoms with van der Waals surface area (Å²) in [6.07, 6.45) is 0.261. The minimum atomic E-state index is -1.15. The number of rotatable bonds is 2. The van der Waals surface area contributed by atoms with Crippen molar-refractivity contribution >= 4 is 27.5 Å². The second kappa shape index (κ2) is 4.57. The number of hydrogen-bond donors (Lipinski definition) is 1. The molecule has 2 nitrogen and oxygen atoms in total. The zero-order chi connectivity index (χ0) is 11.7. The molecule has 1 atom stereocenters. The quantitative estimate of drug-likeness (QED) is 0.853. The molecular formula is C11H7BrClFO2. The van der Waals surface area contributed by atoms with Crippen LogP contribution in [0.5, 0.6) is 0 Å². The van der Waals surface area contributed by atoms with Crippen LogP contribution in [0.15, 0.2) is 39.4 Å². The van der Waals surface area contributed by atoms with Gasteiger partial charge in [-0.15, -0.1) is 0 Å². The van der Waals surface area contributed by atoms with Crippen molar-refractivity contribution in [2.45, 2.75) is 6.10 Å². The van der Waals surface area contributed by atoms with Crippen molar-refractivity contribution in [1.29, 1.82) is 0 Å². The van der Waals surface area contributed by atoms with Crippen LogP contribution in [0.2, 0.25) is 5.02 Å². The molecule has 0 spiro atoms. The molecule has 0 aliphatic carbocycles. The normalized spacial score (nSPS) is 12.8. The summed E-state index contributed by atoms with van der Waals surface area (Å²) in [7, 11) is 0. The number of aliphatic hydroxyl groups excluding tert-OH is 1. The van der Waals surface area contributed by atoms with Crippen LogP contribution in [-0.4, -0.2) is 5.11 Å². The Morgan fingerprint density at radius 2 is 2.12 bits per heavy atom. The Balaban J connectivity index is 2.45. The molecule has 1 aromatic carbocycles. The van der Waals surface area contributed by atoms with Crippen LogP contribution in [0, 0.1) is 5.82 Å². The molecule has 1 aromatic heterocycles. The van der Waals surface area contributed by atoms with Gasteiger partial charge in [-0.1, -0.05) is 17.7 Å². The Labute approximate surface area is 105 Å². The zero-order valence-corrected chi connectivity index (χ0v) is 10.3. The van der Waals surface area contributed by atoms with Crippen molar-refractivity contribution in [2.24, 2.45) is 0 Å². The lowest BCUT2D eigenvalue weighted by Crippen LogP contribution is -2.02. The number of aliphatic hydroxyl groups is 1. The van der Waals surface area contributed by atoms with E-state index in [-0.39, 0.29) is 16.3 Å². The van der Waals surface area contributed by atoms with Crippen molar-refractivity contribution in [3.63, 3.8) is 0 Å². The lowest BCUT2D eigenvalue weighted by Gasteiger charge is -2.10. The van der Waals surface area contributed by atoms with E-state index in [0.29, 0.717) is 4.47 Å². The third-order valence-corrected chi connectivity index (χ3v) is 3.43. The van der Waals surface area contributed by atoms with Gasteiger partial charge in [-0.25, -0.2) is 4.39 Å². The average molecular weight is 306 g/mol. The first kappa shape index (κ1) is 11.6. The fraction of sp³-hybridized carbons (Fsp3) is 0.0909. The van der Waals surface area contributed by atoms with Gasteiger partial charge in [0.2, 0.25) is 0 Å². The summed E-state index contributed by atoms with van der Waals surface area (Å²) in [6, 6.07) is 6.22. The largest absolute Gasteiger partial charge is 0.466 e. The SMILES string of the molecule is OC(c1ccco1)c1ccc(Br)c(Cl)c1F. The van der Waals surface area contributed by atoms with Crippen molar-refractivity contribution in [2.75, 3.05) is 0 Å². The highest BCUT2D eigenvalue weighted by Crippen LogP contribution is 2.32. The Kier molecular flexibility index (Phi) is 3.33. The number of hydrogen-bond acceptors (Lipinski definition) is 2. The number of furan rings is 1. The molecule has 1 heterocycles. The zero-order valence-electron chi connectivity index (χ0n) is 7.95. The topological polar surface area (TPSA) is 33.4 Å². The molecule has 0 fully saturated rings. The van der Waals surface area contributed by atoms with Gasteiger partial charge in [0.15, 0.2) is 0 Å². The van der Waals surface area contributed by atoms with Gasteiger partial charge in [-0.05, 0) is 34.1 Å². The predicted molar refractivity (Wildman–Crippen MR) is 61.9 cm³/mol. The smallest absolute Gasteiger partial charge is 0.149 e. The standard InChI is InChI=1S/C11H7BrClFO2/c12-7-4-3-6(10(14)9(7)13)11(15)8-2-1-5-16-8/h1-5,11,15H. The molecule has 0 aliphatic heterocycles. The molecule has 1 N–H and O–H groups in total. The predicted octanol–water partition coefficient (Wildman–Crippen LogP) is 3.92. The molecule has 5 heteroatoms. The Hall–Kier alpha value is -0.840. The van der Waals surface area contributed by atoms with E-state index in [1.165, 1.54) is 12.3 Å². The molecule has 2 rings (SSSR count). The molecule has 0 saturated heterocycles. The van der Waals surface area contributed by atoms with Crippen LogP contribution in [0.25, 0.3) is 0 Å². The lowest BCUT2D eigenvalue weighted by atomic mass is 10.1. The van der Waals surface area contributed by atoms with Crippen LogP contribution < -0.4 is 0 Å². The minimum absolute atomic E-state index is 0.0527. The van der Waals surface area contributed by atoms with Crippen LogP contribution in [0.3, 0.4) is 0 Å². The highest BCUT2D eigenvalue weighted by molar-refractivity contribution is 9.10. The second-order valence-corrected chi connectivity index (χ2v) is 4.41. The van der Waals surface area contributed by atoms with Crippen molar-refractivity contribution in [3.05, 3.63) is 57.2 Å². The first-order valence-electron chi connectivity index (χ1n) is 4.46. The molecule has 1 unspecified atom stereocenters. The molecule has 16 heavy (non-hydrogen) atoms. The molecule has 0 amide bonds. The Bertz CT molecular complexity index is 499. The summed E-state index contributed by atoms with van der Waals surface area (Å²) < 4.78 is 19.2. The summed E-state index contributed by atoms with van der Waals surface area (Å²) in [5.41, 5.74) is 0.0863. The van der Waals surface area contributed by atoms with Gasteiger partial charge >= 0.3 is 0 Å². The van der Waals surface area contributed by atoms with E-state index in [4.69, 9.17) is 16.0 Å². The van der Waals surface area contributed by atoms with Crippen molar-refractivity contribution < 1.29 is 13.9 Å². The Morgan fingerprint density at radius 1 is 1.38 bits per heavy atom. The monoisotopic (exact) mass is 304 g/mol. The van der Waals surface area contributed by atoms with Gasteiger partial charge < -0.3 is 9.52 Å². The summed E-state index contributed by atoms with van der Waals surface area (Å²) in [5, 5.41) is 9.82. The third-order valence-electron chi connectivity index (χ3n) is 2.17. The summed E-state index contributed by atoms with van der Waals surface area (Å²) >= 11 is 8.83. The molecule has 0 aliphatic rings. The highest BCUT2D eigenvalue weighted by atomic mass is 79.9.